The van der Waals surface area contributed by atoms with Crippen LogP contribution in [0.1, 0.15) is 29.8 Å². The zero-order valence-corrected chi connectivity index (χ0v) is 16.2. The number of carbonyl (C=O) groups is 3. The van der Waals surface area contributed by atoms with Gasteiger partial charge in [-0.25, -0.2) is 9.59 Å². The molecular weight excluding hydrogens is 384 g/mol. The summed E-state index contributed by atoms with van der Waals surface area (Å²) in [7, 11) is 0. The first-order valence-electron chi connectivity index (χ1n) is 8.61. The summed E-state index contributed by atoms with van der Waals surface area (Å²) in [4.78, 5) is 35.4. The molecule has 0 spiro atoms. The van der Waals surface area contributed by atoms with Gasteiger partial charge in [0.1, 0.15) is 11.8 Å². The summed E-state index contributed by atoms with van der Waals surface area (Å²) >= 11 is 5.98. The zero-order valence-electron chi connectivity index (χ0n) is 15.4. The van der Waals surface area contributed by atoms with Gasteiger partial charge in [0, 0.05) is 12.5 Å². The summed E-state index contributed by atoms with van der Waals surface area (Å²) in [5, 5.41) is 14.7. The van der Waals surface area contributed by atoms with Gasteiger partial charge in [-0.15, -0.1) is 0 Å². The minimum Gasteiger partial charge on any atom is -0.480 e. The Bertz CT molecular complexity index is 852. The number of aliphatic carboxylic acids is 1. The molecule has 0 fully saturated rings. The number of benzene rings is 2. The molecule has 0 saturated carbocycles. The number of ether oxygens (including phenoxy) is 1. The van der Waals surface area contributed by atoms with Crippen molar-refractivity contribution in [3.63, 3.8) is 0 Å². The second kappa shape index (κ2) is 9.75. The molecule has 0 aliphatic rings. The van der Waals surface area contributed by atoms with Crippen LogP contribution in [-0.2, 0) is 11.2 Å². The number of carboxylic acids is 1. The molecule has 0 bridgehead atoms. The van der Waals surface area contributed by atoms with Crippen LogP contribution in [0.5, 0.6) is 5.75 Å². The summed E-state index contributed by atoms with van der Waals surface area (Å²) in [6.45, 7) is 3.63. The van der Waals surface area contributed by atoms with Crippen molar-refractivity contribution in [2.75, 3.05) is 0 Å². The van der Waals surface area contributed by atoms with Gasteiger partial charge < -0.3 is 20.5 Å². The molecule has 1 atom stereocenters. The van der Waals surface area contributed by atoms with Crippen LogP contribution in [-0.4, -0.2) is 35.2 Å². The molecule has 1 unspecified atom stereocenters. The Hall–Kier alpha value is -3.06. The number of hydrogen-bond acceptors (Lipinski definition) is 4. The lowest BCUT2D eigenvalue weighted by molar-refractivity contribution is -0.139. The average molecular weight is 405 g/mol. The lowest BCUT2D eigenvalue weighted by Crippen LogP contribution is -2.42. The number of hydrogen-bond donors (Lipinski definition) is 3. The summed E-state index contributed by atoms with van der Waals surface area (Å²) in [5.41, 5.74) is 0.860. The standard InChI is InChI=1S/C20H21ClN2O5/c1-12(2)22-20(27)28-14-9-7-13(8-10-14)11-17(19(25)26)23-18(24)15-5-3-4-6-16(15)21/h3-10,12,17H,11H2,1-2H3,(H,22,27)(H,23,24)(H,25,26). The first-order chi connectivity index (χ1) is 13.3. The normalized spacial score (nSPS) is 11.6. The van der Waals surface area contributed by atoms with E-state index in [1.54, 1.807) is 42.5 Å². The Labute approximate surface area is 167 Å². The van der Waals surface area contributed by atoms with Crippen molar-refractivity contribution in [3.05, 3.63) is 64.7 Å². The summed E-state index contributed by atoms with van der Waals surface area (Å²) in [6, 6.07) is 11.6. The molecule has 3 N–H and O–H groups in total. The van der Waals surface area contributed by atoms with E-state index in [2.05, 4.69) is 10.6 Å². The molecule has 8 heteroatoms. The SMILES string of the molecule is CC(C)NC(=O)Oc1ccc(CC(NC(=O)c2ccccc2Cl)C(=O)O)cc1. The zero-order chi connectivity index (χ0) is 20.7. The number of carbonyl (C=O) groups excluding carboxylic acids is 2. The molecular formula is C20H21ClN2O5. The van der Waals surface area contributed by atoms with Crippen molar-refractivity contribution >= 4 is 29.6 Å². The van der Waals surface area contributed by atoms with Gasteiger partial charge in [0.25, 0.3) is 5.91 Å². The van der Waals surface area contributed by atoms with Crippen molar-refractivity contribution < 1.29 is 24.2 Å². The van der Waals surface area contributed by atoms with Gasteiger partial charge in [0.15, 0.2) is 0 Å². The lowest BCUT2D eigenvalue weighted by Gasteiger charge is -2.15. The highest BCUT2D eigenvalue weighted by molar-refractivity contribution is 6.33. The van der Waals surface area contributed by atoms with E-state index in [1.165, 1.54) is 6.07 Å². The van der Waals surface area contributed by atoms with Gasteiger partial charge in [-0.2, -0.15) is 0 Å². The highest BCUT2D eigenvalue weighted by Crippen LogP contribution is 2.16. The first kappa shape index (κ1) is 21.2. The molecule has 0 saturated heterocycles. The summed E-state index contributed by atoms with van der Waals surface area (Å²) in [5.74, 6) is -1.41. The van der Waals surface area contributed by atoms with Crippen LogP contribution >= 0.6 is 11.6 Å². The van der Waals surface area contributed by atoms with Gasteiger partial charge in [-0.3, -0.25) is 4.79 Å². The molecule has 0 radical (unpaired) electrons. The van der Waals surface area contributed by atoms with Gasteiger partial charge in [0.2, 0.25) is 0 Å². The molecule has 2 aromatic carbocycles. The van der Waals surface area contributed by atoms with Crippen LogP contribution in [0.15, 0.2) is 48.5 Å². The Morgan fingerprint density at radius 3 is 2.25 bits per heavy atom. The molecule has 2 rings (SSSR count). The number of rotatable bonds is 7. The van der Waals surface area contributed by atoms with Crippen molar-refractivity contribution in [1.29, 1.82) is 0 Å². The number of amides is 2. The third-order valence-corrected chi connectivity index (χ3v) is 4.03. The third kappa shape index (κ3) is 6.28. The molecule has 0 heterocycles. The van der Waals surface area contributed by atoms with E-state index in [0.717, 1.165) is 0 Å². The van der Waals surface area contributed by atoms with Gasteiger partial charge >= 0.3 is 12.1 Å². The average Bonchev–Trinajstić information content (AvgIpc) is 2.62. The smallest absolute Gasteiger partial charge is 0.412 e. The fourth-order valence-electron chi connectivity index (χ4n) is 2.38. The Morgan fingerprint density at radius 1 is 1.04 bits per heavy atom. The number of halogens is 1. The lowest BCUT2D eigenvalue weighted by atomic mass is 10.1. The van der Waals surface area contributed by atoms with Crippen molar-refractivity contribution in [3.8, 4) is 5.75 Å². The Balaban J connectivity index is 2.02. The third-order valence-electron chi connectivity index (χ3n) is 3.70. The van der Waals surface area contributed by atoms with Gasteiger partial charge in [-0.1, -0.05) is 35.9 Å². The maximum Gasteiger partial charge on any atom is 0.412 e. The first-order valence-corrected chi connectivity index (χ1v) is 8.99. The molecule has 0 aromatic heterocycles. The van der Waals surface area contributed by atoms with Crippen molar-refractivity contribution in [2.24, 2.45) is 0 Å². The van der Waals surface area contributed by atoms with E-state index in [-0.39, 0.29) is 23.0 Å². The van der Waals surface area contributed by atoms with Crippen LogP contribution in [0.3, 0.4) is 0 Å². The monoisotopic (exact) mass is 404 g/mol. The summed E-state index contributed by atoms with van der Waals surface area (Å²) in [6.07, 6.45) is -0.512. The van der Waals surface area contributed by atoms with Gasteiger partial charge in [0.05, 0.1) is 10.6 Å². The molecule has 0 aliphatic heterocycles. The van der Waals surface area contributed by atoms with Crippen LogP contribution in [0.4, 0.5) is 4.79 Å². The maximum absolute atomic E-state index is 12.3. The molecule has 2 aromatic rings. The minimum absolute atomic E-state index is 0.0511. The number of carboxylic acid groups (broad SMARTS) is 1. The second-order valence-electron chi connectivity index (χ2n) is 6.38. The van der Waals surface area contributed by atoms with Crippen LogP contribution in [0.2, 0.25) is 5.02 Å². The number of nitrogens with one attached hydrogen (secondary N) is 2. The second-order valence-corrected chi connectivity index (χ2v) is 6.79. The Kier molecular flexibility index (Phi) is 7.40. The Morgan fingerprint density at radius 2 is 1.68 bits per heavy atom. The maximum atomic E-state index is 12.3. The quantitative estimate of drug-likeness (QED) is 0.657. The van der Waals surface area contributed by atoms with E-state index < -0.39 is 24.0 Å². The highest BCUT2D eigenvalue weighted by atomic mass is 35.5. The summed E-state index contributed by atoms with van der Waals surface area (Å²) < 4.78 is 5.12. The van der Waals surface area contributed by atoms with Crippen molar-refractivity contribution in [2.45, 2.75) is 32.4 Å². The molecule has 0 aliphatic carbocycles. The predicted molar refractivity (Wildman–Crippen MR) is 105 cm³/mol. The van der Waals surface area contributed by atoms with E-state index in [9.17, 15) is 19.5 Å². The van der Waals surface area contributed by atoms with E-state index in [1.807, 2.05) is 13.8 Å². The van der Waals surface area contributed by atoms with Crippen LogP contribution < -0.4 is 15.4 Å². The topological polar surface area (TPSA) is 105 Å². The van der Waals surface area contributed by atoms with Crippen molar-refractivity contribution in [1.82, 2.24) is 10.6 Å². The fraction of sp³-hybridized carbons (Fsp3) is 0.250. The largest absolute Gasteiger partial charge is 0.480 e. The molecule has 2 amide bonds. The molecule has 28 heavy (non-hydrogen) atoms. The minimum atomic E-state index is -1.17. The van der Waals surface area contributed by atoms with Gasteiger partial charge in [-0.05, 0) is 43.7 Å². The van der Waals surface area contributed by atoms with E-state index in [4.69, 9.17) is 16.3 Å². The van der Waals surface area contributed by atoms with Crippen LogP contribution in [0.25, 0.3) is 0 Å². The molecule has 7 nitrogen and oxygen atoms in total. The fourth-order valence-corrected chi connectivity index (χ4v) is 2.60. The molecule has 148 valence electrons. The highest BCUT2D eigenvalue weighted by Gasteiger charge is 2.22. The predicted octanol–water partition coefficient (Wildman–Crippen LogP) is 3.26. The van der Waals surface area contributed by atoms with E-state index >= 15 is 0 Å². The van der Waals surface area contributed by atoms with Crippen LogP contribution in [0, 0.1) is 0 Å². The van der Waals surface area contributed by atoms with E-state index in [0.29, 0.717) is 11.3 Å².